The maximum absolute atomic E-state index is 13.2. The minimum absolute atomic E-state index is 0.209. The van der Waals surface area contributed by atoms with E-state index in [4.69, 9.17) is 0 Å². The summed E-state index contributed by atoms with van der Waals surface area (Å²) < 4.78 is 42.6. The Bertz CT molecular complexity index is 2200. The lowest BCUT2D eigenvalue weighted by Crippen LogP contribution is -2.25. The molecule has 6 rings (SSSR count). The Hall–Kier alpha value is -5.94. The molecule has 0 bridgehead atoms. The molecule has 0 aliphatic rings. The zero-order valence-electron chi connectivity index (χ0n) is 27.1. The molecule has 4 aromatic carbocycles. The summed E-state index contributed by atoms with van der Waals surface area (Å²) >= 11 is 0. The highest BCUT2D eigenvalue weighted by Crippen LogP contribution is 2.31. The van der Waals surface area contributed by atoms with Gasteiger partial charge >= 0.3 is 6.18 Å². The van der Waals surface area contributed by atoms with Gasteiger partial charge in [-0.25, -0.2) is 0 Å². The molecular formula is C41H34F3N3O2. The number of nitrogens with zero attached hydrogens (tertiary/aromatic N) is 3. The Balaban J connectivity index is 0.000000192. The molecule has 0 fully saturated rings. The molecule has 0 amide bonds. The lowest BCUT2D eigenvalue weighted by Gasteiger charge is -2.16. The summed E-state index contributed by atoms with van der Waals surface area (Å²) in [6.07, 6.45) is -4.00. The van der Waals surface area contributed by atoms with Crippen LogP contribution in [0.1, 0.15) is 33.4 Å². The van der Waals surface area contributed by atoms with Crippen LogP contribution in [0.3, 0.4) is 0 Å². The SMILES string of the molecule is Cc1cc(-c2ccccc2)n(Cc2ccccc2)c(=O)c1C#N.Cc1cccc(-c2cc(C(F)(F)F)cc(=O)n2CCc2ccccc2)c1. The molecule has 0 radical (unpaired) electrons. The second-order valence-electron chi connectivity index (χ2n) is 11.7. The van der Waals surface area contributed by atoms with Crippen molar-refractivity contribution in [3.63, 3.8) is 0 Å². The van der Waals surface area contributed by atoms with Gasteiger partial charge in [-0.1, -0.05) is 115 Å². The van der Waals surface area contributed by atoms with Gasteiger partial charge in [-0.15, -0.1) is 0 Å². The number of aryl methyl sites for hydroxylation is 3. The van der Waals surface area contributed by atoms with E-state index >= 15 is 0 Å². The molecule has 246 valence electrons. The molecule has 6 aromatic rings. The van der Waals surface area contributed by atoms with Crippen LogP contribution in [0.4, 0.5) is 13.2 Å². The van der Waals surface area contributed by atoms with Crippen molar-refractivity contribution in [1.82, 2.24) is 9.13 Å². The zero-order valence-corrected chi connectivity index (χ0v) is 27.1. The molecule has 5 nitrogen and oxygen atoms in total. The summed E-state index contributed by atoms with van der Waals surface area (Å²) in [5.74, 6) is 0. The number of hydrogen-bond acceptors (Lipinski definition) is 3. The van der Waals surface area contributed by atoms with E-state index in [1.54, 1.807) is 29.7 Å². The van der Waals surface area contributed by atoms with Gasteiger partial charge in [0, 0.05) is 12.6 Å². The maximum atomic E-state index is 13.2. The summed E-state index contributed by atoms with van der Waals surface area (Å²) in [5.41, 5.74) is 4.75. The van der Waals surface area contributed by atoms with Gasteiger partial charge in [0.15, 0.2) is 0 Å². The predicted molar refractivity (Wildman–Crippen MR) is 187 cm³/mol. The van der Waals surface area contributed by atoms with Crippen LogP contribution in [0.5, 0.6) is 0 Å². The first-order valence-electron chi connectivity index (χ1n) is 15.7. The van der Waals surface area contributed by atoms with Crippen LogP contribution < -0.4 is 11.1 Å². The number of hydrogen-bond donors (Lipinski definition) is 0. The van der Waals surface area contributed by atoms with Crippen molar-refractivity contribution < 1.29 is 13.2 Å². The minimum atomic E-state index is -4.56. The Morgan fingerprint density at radius 1 is 0.653 bits per heavy atom. The van der Waals surface area contributed by atoms with Gasteiger partial charge in [0.25, 0.3) is 11.1 Å². The van der Waals surface area contributed by atoms with Crippen LogP contribution in [0.15, 0.2) is 143 Å². The fourth-order valence-electron chi connectivity index (χ4n) is 5.60. The summed E-state index contributed by atoms with van der Waals surface area (Å²) in [6, 6.07) is 42.0. The van der Waals surface area contributed by atoms with Gasteiger partial charge in [0.05, 0.1) is 23.5 Å². The summed E-state index contributed by atoms with van der Waals surface area (Å²) in [6.45, 7) is 4.42. The van der Waals surface area contributed by atoms with E-state index in [1.165, 1.54) is 4.57 Å². The second-order valence-corrected chi connectivity index (χ2v) is 11.7. The van der Waals surface area contributed by atoms with Crippen molar-refractivity contribution in [3.05, 3.63) is 188 Å². The Morgan fingerprint density at radius 3 is 1.82 bits per heavy atom. The lowest BCUT2D eigenvalue weighted by atomic mass is 10.0. The number of rotatable bonds is 7. The van der Waals surface area contributed by atoms with Crippen LogP contribution in [-0.2, 0) is 25.7 Å². The van der Waals surface area contributed by atoms with Gasteiger partial charge in [-0.05, 0) is 66.3 Å². The molecule has 0 aliphatic heterocycles. The number of benzene rings is 4. The normalized spacial score (nSPS) is 10.9. The Labute approximate surface area is 282 Å². The van der Waals surface area contributed by atoms with Crippen molar-refractivity contribution >= 4 is 0 Å². The van der Waals surface area contributed by atoms with Crippen LogP contribution in [0.2, 0.25) is 0 Å². The summed E-state index contributed by atoms with van der Waals surface area (Å²) in [5, 5.41) is 9.29. The first kappa shape index (κ1) is 34.4. The first-order valence-corrected chi connectivity index (χ1v) is 15.7. The fourth-order valence-corrected chi connectivity index (χ4v) is 5.60. The number of aromatic nitrogens is 2. The third-order valence-electron chi connectivity index (χ3n) is 8.10. The van der Waals surface area contributed by atoms with Crippen molar-refractivity contribution in [2.45, 2.75) is 39.5 Å². The van der Waals surface area contributed by atoms with E-state index in [-0.39, 0.29) is 16.8 Å². The quantitative estimate of drug-likeness (QED) is 0.172. The number of pyridine rings is 2. The molecule has 0 saturated carbocycles. The van der Waals surface area contributed by atoms with Gasteiger partial charge in [0.1, 0.15) is 11.6 Å². The van der Waals surface area contributed by atoms with E-state index in [0.29, 0.717) is 36.7 Å². The van der Waals surface area contributed by atoms with Gasteiger partial charge < -0.3 is 9.13 Å². The average Bonchev–Trinajstić information content (AvgIpc) is 3.10. The highest BCUT2D eigenvalue weighted by molar-refractivity contribution is 5.63. The molecule has 49 heavy (non-hydrogen) atoms. The van der Waals surface area contributed by atoms with Crippen LogP contribution in [0.25, 0.3) is 22.5 Å². The minimum Gasteiger partial charge on any atom is -0.308 e. The smallest absolute Gasteiger partial charge is 0.308 e. The molecule has 2 heterocycles. The van der Waals surface area contributed by atoms with Crippen molar-refractivity contribution in [2.24, 2.45) is 0 Å². The fraction of sp³-hybridized carbons (Fsp3) is 0.146. The largest absolute Gasteiger partial charge is 0.416 e. The van der Waals surface area contributed by atoms with E-state index in [9.17, 15) is 28.0 Å². The molecule has 0 unspecified atom stereocenters. The van der Waals surface area contributed by atoms with Crippen LogP contribution in [-0.4, -0.2) is 9.13 Å². The number of alkyl halides is 3. The van der Waals surface area contributed by atoms with Gasteiger partial charge in [-0.2, -0.15) is 18.4 Å². The Kier molecular flexibility index (Phi) is 10.7. The second kappa shape index (κ2) is 15.3. The van der Waals surface area contributed by atoms with E-state index < -0.39 is 17.3 Å². The van der Waals surface area contributed by atoms with Gasteiger partial charge in [0.2, 0.25) is 0 Å². The van der Waals surface area contributed by atoms with Crippen molar-refractivity contribution in [3.8, 4) is 28.6 Å². The summed E-state index contributed by atoms with van der Waals surface area (Å²) in [4.78, 5) is 25.2. The maximum Gasteiger partial charge on any atom is 0.416 e. The highest BCUT2D eigenvalue weighted by atomic mass is 19.4. The Morgan fingerprint density at radius 2 is 1.22 bits per heavy atom. The molecule has 0 N–H and O–H groups in total. The highest BCUT2D eigenvalue weighted by Gasteiger charge is 2.32. The van der Waals surface area contributed by atoms with E-state index in [1.807, 2.05) is 116 Å². The molecule has 0 aliphatic carbocycles. The summed E-state index contributed by atoms with van der Waals surface area (Å²) in [7, 11) is 0. The first-order chi connectivity index (χ1) is 23.5. The molecule has 8 heteroatoms. The number of nitriles is 1. The zero-order chi connectivity index (χ0) is 35.0. The monoisotopic (exact) mass is 657 g/mol. The molecule has 0 spiro atoms. The van der Waals surface area contributed by atoms with Crippen LogP contribution in [0, 0.1) is 25.2 Å². The third kappa shape index (κ3) is 8.51. The average molecular weight is 658 g/mol. The topological polar surface area (TPSA) is 67.8 Å². The van der Waals surface area contributed by atoms with Crippen molar-refractivity contribution in [2.75, 3.05) is 0 Å². The van der Waals surface area contributed by atoms with Gasteiger partial charge in [-0.3, -0.25) is 9.59 Å². The molecular weight excluding hydrogens is 623 g/mol. The van der Waals surface area contributed by atoms with E-state index in [2.05, 4.69) is 0 Å². The molecule has 2 aromatic heterocycles. The molecule has 0 saturated heterocycles. The standard InChI is InChI=1S/C21H18F3NO.C20H16N2O/c1-15-6-5-9-17(12-15)19-13-18(21(22,23)24)14-20(26)25(19)11-10-16-7-3-2-4-8-16;1-15-12-19(17-10-6-3-7-11-17)22(20(23)18(15)13-21)14-16-8-4-2-5-9-16/h2-9,12-14H,10-11H2,1H3;2-12H,14H2,1H3. The van der Waals surface area contributed by atoms with E-state index in [0.717, 1.165) is 34.0 Å². The third-order valence-corrected chi connectivity index (χ3v) is 8.10. The predicted octanol–water partition coefficient (Wildman–Crippen LogP) is 8.83. The van der Waals surface area contributed by atoms with Crippen LogP contribution >= 0.6 is 0 Å². The van der Waals surface area contributed by atoms with Crippen molar-refractivity contribution in [1.29, 1.82) is 5.26 Å². The lowest BCUT2D eigenvalue weighted by molar-refractivity contribution is -0.137. The number of halogens is 3. The molecule has 0 atom stereocenters.